The number of carbonyl (C=O) groups is 2. The van der Waals surface area contributed by atoms with Gasteiger partial charge in [-0.05, 0) is 24.3 Å². The van der Waals surface area contributed by atoms with Gasteiger partial charge in [0, 0.05) is 28.6 Å². The highest BCUT2D eigenvalue weighted by molar-refractivity contribution is 7.15. The summed E-state index contributed by atoms with van der Waals surface area (Å²) in [6.45, 7) is 1.77. The molecule has 0 saturated heterocycles. The van der Waals surface area contributed by atoms with Crippen LogP contribution in [0.15, 0.2) is 17.5 Å². The van der Waals surface area contributed by atoms with E-state index in [2.05, 4.69) is 15.6 Å². The van der Waals surface area contributed by atoms with Gasteiger partial charge < -0.3 is 15.5 Å². The molecule has 132 valence electrons. The minimum Gasteiger partial charge on any atom is -0.333 e. The molecule has 1 saturated carbocycles. The van der Waals surface area contributed by atoms with Gasteiger partial charge in [-0.2, -0.15) is 0 Å². The molecule has 2 N–H and O–H groups in total. The molecule has 0 aromatic carbocycles. The maximum absolute atomic E-state index is 12.4. The molecule has 3 heterocycles. The van der Waals surface area contributed by atoms with Crippen LogP contribution in [0.3, 0.4) is 0 Å². The van der Waals surface area contributed by atoms with Crippen LogP contribution in [0.4, 0.5) is 9.93 Å². The van der Waals surface area contributed by atoms with E-state index in [-0.39, 0.29) is 17.9 Å². The number of nitrogens with zero attached hydrogens (tertiary/aromatic N) is 2. The van der Waals surface area contributed by atoms with Gasteiger partial charge in [-0.1, -0.05) is 23.8 Å². The molecule has 4 rings (SSSR count). The maximum Gasteiger partial charge on any atom is 0.318 e. The molecular weight excluding hydrogens is 356 g/mol. The largest absolute Gasteiger partial charge is 0.333 e. The molecule has 8 heteroatoms. The van der Waals surface area contributed by atoms with Crippen molar-refractivity contribution in [2.45, 2.75) is 38.8 Å². The number of hydrogen-bond donors (Lipinski definition) is 2. The van der Waals surface area contributed by atoms with Crippen LogP contribution in [-0.4, -0.2) is 28.4 Å². The third kappa shape index (κ3) is 3.69. The third-order valence-corrected chi connectivity index (χ3v) is 6.59. The second-order valence-electron chi connectivity index (χ2n) is 6.42. The normalized spacial score (nSPS) is 16.9. The lowest BCUT2D eigenvalue weighted by molar-refractivity contribution is -0.122. The zero-order valence-corrected chi connectivity index (χ0v) is 15.4. The predicted molar refractivity (Wildman–Crippen MR) is 98.8 cm³/mol. The maximum atomic E-state index is 12.4. The summed E-state index contributed by atoms with van der Waals surface area (Å²) in [4.78, 5) is 33.0. The molecule has 25 heavy (non-hydrogen) atoms. The number of carbonyl (C=O) groups excluding carboxylic acids is 2. The minimum atomic E-state index is -0.0486. The van der Waals surface area contributed by atoms with Crippen LogP contribution in [0.1, 0.15) is 34.7 Å². The first-order valence-electron chi connectivity index (χ1n) is 8.53. The van der Waals surface area contributed by atoms with Crippen LogP contribution >= 0.6 is 22.7 Å². The van der Waals surface area contributed by atoms with Gasteiger partial charge in [0.25, 0.3) is 0 Å². The number of nitrogens with one attached hydrogen (secondary N) is 2. The topological polar surface area (TPSA) is 74.3 Å². The summed E-state index contributed by atoms with van der Waals surface area (Å²) in [5.41, 5.74) is 1.01. The number of fused-ring (bicyclic) bond motifs is 1. The Morgan fingerprint density at radius 2 is 2.24 bits per heavy atom. The van der Waals surface area contributed by atoms with Crippen molar-refractivity contribution in [2.75, 3.05) is 11.9 Å². The molecule has 2 aromatic heterocycles. The molecule has 0 spiro atoms. The molecule has 0 radical (unpaired) electrons. The fraction of sp³-hybridized carbons (Fsp3) is 0.471. The van der Waals surface area contributed by atoms with Crippen LogP contribution in [-0.2, 0) is 24.3 Å². The van der Waals surface area contributed by atoms with E-state index in [9.17, 15) is 9.59 Å². The fourth-order valence-corrected chi connectivity index (χ4v) is 4.66. The molecule has 2 aliphatic rings. The van der Waals surface area contributed by atoms with Crippen LogP contribution in [0, 0.1) is 5.92 Å². The number of aromatic nitrogens is 1. The predicted octanol–water partition coefficient (Wildman–Crippen LogP) is 3.21. The van der Waals surface area contributed by atoms with E-state index >= 15 is 0 Å². The summed E-state index contributed by atoms with van der Waals surface area (Å²) in [5.74, 6) is 0.239. The summed E-state index contributed by atoms with van der Waals surface area (Å²) in [7, 11) is 0. The Balaban J connectivity index is 1.34. The van der Waals surface area contributed by atoms with Crippen molar-refractivity contribution >= 4 is 39.7 Å². The average molecular weight is 377 g/mol. The number of thiazole rings is 1. The highest BCUT2D eigenvalue weighted by atomic mass is 32.1. The van der Waals surface area contributed by atoms with Crippen molar-refractivity contribution in [1.82, 2.24) is 15.2 Å². The first-order valence-corrected chi connectivity index (χ1v) is 10.2. The van der Waals surface area contributed by atoms with Gasteiger partial charge in [-0.25, -0.2) is 9.78 Å². The van der Waals surface area contributed by atoms with Crippen LogP contribution in [0.5, 0.6) is 0 Å². The Labute approximate surface area is 154 Å². The van der Waals surface area contributed by atoms with E-state index in [0.717, 1.165) is 41.1 Å². The van der Waals surface area contributed by atoms with Gasteiger partial charge in [0.1, 0.15) is 0 Å². The lowest BCUT2D eigenvalue weighted by atomic mass is 9.85. The molecule has 1 aliphatic carbocycles. The van der Waals surface area contributed by atoms with Crippen molar-refractivity contribution < 1.29 is 9.59 Å². The number of thiophene rings is 1. The summed E-state index contributed by atoms with van der Waals surface area (Å²) in [6.07, 6.45) is 3.84. The molecule has 2 aromatic rings. The molecule has 0 bridgehead atoms. The third-order valence-electron chi connectivity index (χ3n) is 4.72. The van der Waals surface area contributed by atoms with Gasteiger partial charge >= 0.3 is 6.03 Å². The van der Waals surface area contributed by atoms with E-state index in [4.69, 9.17) is 0 Å². The average Bonchev–Trinajstić information content (AvgIpc) is 3.18. The highest BCUT2D eigenvalue weighted by Gasteiger charge is 2.28. The molecule has 0 unspecified atom stereocenters. The van der Waals surface area contributed by atoms with Crippen molar-refractivity contribution in [2.24, 2.45) is 5.92 Å². The van der Waals surface area contributed by atoms with Crippen molar-refractivity contribution in [3.63, 3.8) is 0 Å². The van der Waals surface area contributed by atoms with Gasteiger partial charge in [0.2, 0.25) is 5.91 Å². The van der Waals surface area contributed by atoms with Crippen LogP contribution in [0.25, 0.3) is 0 Å². The summed E-state index contributed by atoms with van der Waals surface area (Å²) >= 11 is 3.13. The van der Waals surface area contributed by atoms with Crippen LogP contribution < -0.4 is 10.6 Å². The van der Waals surface area contributed by atoms with Gasteiger partial charge in [-0.3, -0.25) is 4.79 Å². The number of rotatable bonds is 4. The van der Waals surface area contributed by atoms with Crippen LogP contribution in [0.2, 0.25) is 0 Å². The smallest absolute Gasteiger partial charge is 0.318 e. The van der Waals surface area contributed by atoms with Crippen molar-refractivity contribution in [1.29, 1.82) is 0 Å². The Morgan fingerprint density at radius 3 is 2.96 bits per heavy atom. The van der Waals surface area contributed by atoms with Gasteiger partial charge in [-0.15, -0.1) is 11.3 Å². The highest BCUT2D eigenvalue weighted by Crippen LogP contribution is 2.31. The van der Waals surface area contributed by atoms with E-state index in [0.29, 0.717) is 24.8 Å². The minimum absolute atomic E-state index is 0.0486. The molecule has 6 nitrogen and oxygen atoms in total. The summed E-state index contributed by atoms with van der Waals surface area (Å²) < 4.78 is 0. The Kier molecular flexibility index (Phi) is 4.72. The van der Waals surface area contributed by atoms with Crippen molar-refractivity contribution in [3.8, 4) is 0 Å². The second-order valence-corrected chi connectivity index (χ2v) is 8.53. The van der Waals surface area contributed by atoms with Crippen molar-refractivity contribution in [3.05, 3.63) is 33.0 Å². The van der Waals surface area contributed by atoms with E-state index in [1.54, 1.807) is 11.3 Å². The quantitative estimate of drug-likeness (QED) is 0.860. The lowest BCUT2D eigenvalue weighted by Gasteiger charge is -2.26. The monoisotopic (exact) mass is 376 g/mol. The molecule has 1 fully saturated rings. The molecular formula is C17H20N4O2S2. The standard InChI is InChI=1S/C17H20N4O2S2/c22-15(11-3-1-4-11)20-16-19-13-6-7-21(10-14(13)25-16)17(23)18-9-12-5-2-8-24-12/h2,5,8,11H,1,3-4,6-7,9-10H2,(H,18,23)(H,19,20,22). The summed E-state index contributed by atoms with van der Waals surface area (Å²) in [5, 5.41) is 8.58. The van der Waals surface area contributed by atoms with E-state index in [1.807, 2.05) is 22.4 Å². The Hall–Kier alpha value is -1.93. The number of urea groups is 1. The summed E-state index contributed by atoms with van der Waals surface area (Å²) in [6, 6.07) is 3.95. The van der Waals surface area contributed by atoms with Gasteiger partial charge in [0.05, 0.1) is 18.8 Å². The van der Waals surface area contributed by atoms with E-state index in [1.165, 1.54) is 11.3 Å². The Bertz CT molecular complexity index is 768. The Morgan fingerprint density at radius 1 is 1.36 bits per heavy atom. The zero-order valence-electron chi connectivity index (χ0n) is 13.8. The molecule has 3 amide bonds. The second kappa shape index (κ2) is 7.13. The first kappa shape index (κ1) is 16.5. The van der Waals surface area contributed by atoms with E-state index < -0.39 is 0 Å². The van der Waals surface area contributed by atoms with Gasteiger partial charge in [0.15, 0.2) is 5.13 Å². The fourth-order valence-electron chi connectivity index (χ4n) is 2.99. The SMILES string of the molecule is O=C(Nc1nc2c(s1)CN(C(=O)NCc1cccs1)CC2)C1CCC1. The first-order chi connectivity index (χ1) is 12.2. The number of hydrogen-bond acceptors (Lipinski definition) is 5. The number of anilines is 1. The zero-order chi connectivity index (χ0) is 17.2. The molecule has 1 aliphatic heterocycles. The molecule has 0 atom stereocenters. The number of amides is 3. The lowest BCUT2D eigenvalue weighted by Crippen LogP contribution is -2.42.